The van der Waals surface area contributed by atoms with Crippen LogP contribution in [0.4, 0.5) is 0 Å². The molecule has 0 unspecified atom stereocenters. The van der Waals surface area contributed by atoms with Gasteiger partial charge in [-0.15, -0.1) is 23.7 Å². The van der Waals surface area contributed by atoms with E-state index in [2.05, 4.69) is 15.0 Å². The average molecular weight is 277 g/mol. The summed E-state index contributed by atoms with van der Waals surface area (Å²) in [4.78, 5) is 16.1. The number of ether oxygens (including phenoxy) is 1. The van der Waals surface area contributed by atoms with Crippen LogP contribution in [0.15, 0.2) is 6.20 Å². The van der Waals surface area contributed by atoms with Gasteiger partial charge < -0.3 is 10.1 Å². The molecule has 2 rings (SSSR count). The number of methoxy groups -OCH3 is 1. The zero-order chi connectivity index (χ0) is 11.4. The molecule has 1 aromatic rings. The minimum atomic E-state index is -0.283. The van der Waals surface area contributed by atoms with Crippen molar-refractivity contribution in [3.8, 4) is 0 Å². The Bertz CT molecular complexity index is 364. The van der Waals surface area contributed by atoms with Crippen LogP contribution in [-0.2, 0) is 11.2 Å². The van der Waals surface area contributed by atoms with Gasteiger partial charge in [0.05, 0.1) is 18.3 Å². The molecule has 1 N–H and O–H groups in total. The third kappa shape index (κ3) is 3.94. The van der Waals surface area contributed by atoms with E-state index >= 15 is 0 Å². The van der Waals surface area contributed by atoms with Crippen molar-refractivity contribution >= 4 is 29.7 Å². The van der Waals surface area contributed by atoms with Crippen molar-refractivity contribution in [3.05, 3.63) is 16.1 Å². The number of nitrogens with zero attached hydrogens (tertiary/aromatic N) is 1. The molecule has 6 heteroatoms. The van der Waals surface area contributed by atoms with Crippen molar-refractivity contribution in [2.45, 2.75) is 19.3 Å². The maximum absolute atomic E-state index is 11.3. The maximum atomic E-state index is 11.3. The summed E-state index contributed by atoms with van der Waals surface area (Å²) in [6, 6.07) is 0. The van der Waals surface area contributed by atoms with Crippen LogP contribution in [0.2, 0.25) is 0 Å². The lowest BCUT2D eigenvalue weighted by molar-refractivity contribution is 0.0606. The first-order chi connectivity index (χ1) is 7.79. The Morgan fingerprint density at radius 2 is 2.29 bits per heavy atom. The number of halogens is 1. The largest absolute Gasteiger partial charge is 0.465 e. The van der Waals surface area contributed by atoms with E-state index in [-0.39, 0.29) is 18.4 Å². The van der Waals surface area contributed by atoms with Crippen LogP contribution >= 0.6 is 23.7 Å². The summed E-state index contributed by atoms with van der Waals surface area (Å²) in [5.74, 6) is 0.423. The third-order valence-corrected chi connectivity index (χ3v) is 3.86. The molecule has 1 fully saturated rings. The second-order valence-electron chi connectivity index (χ2n) is 4.01. The van der Waals surface area contributed by atoms with E-state index < -0.39 is 0 Å². The van der Waals surface area contributed by atoms with Crippen LogP contribution in [0.25, 0.3) is 0 Å². The number of nitrogens with one attached hydrogen (secondary N) is 1. The van der Waals surface area contributed by atoms with Crippen LogP contribution in [0, 0.1) is 5.92 Å². The topological polar surface area (TPSA) is 51.2 Å². The van der Waals surface area contributed by atoms with Crippen molar-refractivity contribution in [1.29, 1.82) is 0 Å². The van der Waals surface area contributed by atoms with Gasteiger partial charge in [0, 0.05) is 6.42 Å². The average Bonchev–Trinajstić information content (AvgIpc) is 2.78. The van der Waals surface area contributed by atoms with Gasteiger partial charge in [0.15, 0.2) is 0 Å². The lowest BCUT2D eigenvalue weighted by Gasteiger charge is -2.21. The highest BCUT2D eigenvalue weighted by Crippen LogP contribution is 2.22. The molecule has 4 nitrogen and oxygen atoms in total. The molecule has 1 aliphatic rings. The number of carbonyl (C=O) groups excluding carboxylic acids is 1. The van der Waals surface area contributed by atoms with Crippen LogP contribution in [0.3, 0.4) is 0 Å². The van der Waals surface area contributed by atoms with Crippen molar-refractivity contribution in [1.82, 2.24) is 10.3 Å². The Hall–Kier alpha value is -0.650. The highest BCUT2D eigenvalue weighted by Gasteiger charge is 2.17. The van der Waals surface area contributed by atoms with Crippen LogP contribution in [0.1, 0.15) is 27.5 Å². The number of esters is 1. The molecule has 0 spiro atoms. The quantitative estimate of drug-likeness (QED) is 0.857. The second-order valence-corrected chi connectivity index (χ2v) is 5.12. The first-order valence-corrected chi connectivity index (χ1v) is 6.35. The van der Waals surface area contributed by atoms with Gasteiger partial charge in [-0.25, -0.2) is 9.78 Å². The van der Waals surface area contributed by atoms with Gasteiger partial charge in [-0.1, -0.05) is 0 Å². The minimum Gasteiger partial charge on any atom is -0.465 e. The Kier molecular flexibility index (Phi) is 5.88. The van der Waals surface area contributed by atoms with Gasteiger partial charge in [0.2, 0.25) is 0 Å². The Morgan fingerprint density at radius 3 is 2.94 bits per heavy atom. The maximum Gasteiger partial charge on any atom is 0.349 e. The van der Waals surface area contributed by atoms with Crippen molar-refractivity contribution in [2.24, 2.45) is 5.92 Å². The summed E-state index contributed by atoms with van der Waals surface area (Å²) in [6.45, 7) is 2.19. The number of hydrogen-bond donors (Lipinski definition) is 1. The monoisotopic (exact) mass is 276 g/mol. The van der Waals surface area contributed by atoms with Crippen LogP contribution in [-0.4, -0.2) is 31.2 Å². The van der Waals surface area contributed by atoms with E-state index in [1.54, 1.807) is 6.20 Å². The number of hydrogen-bond acceptors (Lipinski definition) is 5. The smallest absolute Gasteiger partial charge is 0.349 e. The van der Waals surface area contributed by atoms with Gasteiger partial charge >= 0.3 is 5.97 Å². The first kappa shape index (κ1) is 14.4. The fourth-order valence-corrected chi connectivity index (χ4v) is 2.88. The van der Waals surface area contributed by atoms with E-state index in [1.165, 1.54) is 31.3 Å². The summed E-state index contributed by atoms with van der Waals surface area (Å²) in [5.41, 5.74) is 0. The highest BCUT2D eigenvalue weighted by atomic mass is 35.5. The van der Waals surface area contributed by atoms with E-state index in [4.69, 9.17) is 0 Å². The molecule has 0 aliphatic carbocycles. The Labute approximate surface area is 111 Å². The number of carbonyl (C=O) groups is 1. The predicted molar refractivity (Wildman–Crippen MR) is 70.0 cm³/mol. The van der Waals surface area contributed by atoms with Gasteiger partial charge in [0.1, 0.15) is 4.88 Å². The zero-order valence-corrected chi connectivity index (χ0v) is 11.4. The molecule has 2 heterocycles. The van der Waals surface area contributed by atoms with E-state index in [0.717, 1.165) is 24.5 Å². The van der Waals surface area contributed by atoms with Crippen LogP contribution < -0.4 is 5.32 Å². The van der Waals surface area contributed by atoms with Crippen molar-refractivity contribution in [3.63, 3.8) is 0 Å². The molecule has 0 saturated carbocycles. The molecular formula is C11H17ClN2O2S. The zero-order valence-electron chi connectivity index (χ0n) is 9.77. The molecular weight excluding hydrogens is 260 g/mol. The number of aromatic nitrogens is 1. The van der Waals surface area contributed by atoms with Gasteiger partial charge in [-0.05, 0) is 31.8 Å². The standard InChI is InChI=1S/C11H16N2O2S.ClH/c1-15-11(14)9-7-13-10(16-9)6-8-2-4-12-5-3-8;/h7-8,12H,2-6H2,1H3;1H. The SMILES string of the molecule is COC(=O)c1cnc(CC2CCNCC2)s1.Cl. The molecule has 0 radical (unpaired) electrons. The fraction of sp³-hybridized carbons (Fsp3) is 0.636. The Balaban J connectivity index is 0.00000144. The van der Waals surface area contributed by atoms with E-state index in [9.17, 15) is 4.79 Å². The summed E-state index contributed by atoms with van der Waals surface area (Å²) in [5, 5.41) is 4.39. The van der Waals surface area contributed by atoms with E-state index in [0.29, 0.717) is 10.8 Å². The number of piperidine rings is 1. The molecule has 17 heavy (non-hydrogen) atoms. The van der Waals surface area contributed by atoms with E-state index in [1.807, 2.05) is 0 Å². The van der Waals surface area contributed by atoms with Gasteiger partial charge in [0.25, 0.3) is 0 Å². The molecule has 0 atom stereocenters. The minimum absolute atomic E-state index is 0. The molecule has 0 amide bonds. The van der Waals surface area contributed by atoms with Gasteiger partial charge in [-0.2, -0.15) is 0 Å². The van der Waals surface area contributed by atoms with Crippen molar-refractivity contribution in [2.75, 3.05) is 20.2 Å². The Morgan fingerprint density at radius 1 is 1.59 bits per heavy atom. The van der Waals surface area contributed by atoms with Crippen LogP contribution in [0.5, 0.6) is 0 Å². The summed E-state index contributed by atoms with van der Waals surface area (Å²) < 4.78 is 4.66. The highest BCUT2D eigenvalue weighted by molar-refractivity contribution is 7.13. The summed E-state index contributed by atoms with van der Waals surface area (Å²) >= 11 is 1.45. The predicted octanol–water partition coefficient (Wildman–Crippen LogP) is 1.89. The molecule has 0 bridgehead atoms. The first-order valence-electron chi connectivity index (χ1n) is 5.53. The normalized spacial score (nSPS) is 16.3. The molecule has 1 aliphatic heterocycles. The lowest BCUT2D eigenvalue weighted by atomic mass is 9.95. The third-order valence-electron chi connectivity index (χ3n) is 2.86. The fourth-order valence-electron chi connectivity index (χ4n) is 1.93. The number of rotatable bonds is 3. The molecule has 96 valence electrons. The number of thiazole rings is 1. The summed E-state index contributed by atoms with van der Waals surface area (Å²) in [7, 11) is 1.40. The lowest BCUT2D eigenvalue weighted by Crippen LogP contribution is -2.28. The van der Waals surface area contributed by atoms with Gasteiger partial charge in [-0.3, -0.25) is 0 Å². The molecule has 1 aromatic heterocycles. The summed E-state index contributed by atoms with van der Waals surface area (Å²) in [6.07, 6.45) is 5.01. The molecule has 1 saturated heterocycles. The molecule has 0 aromatic carbocycles. The second kappa shape index (κ2) is 6.93. The van der Waals surface area contributed by atoms with Crippen molar-refractivity contribution < 1.29 is 9.53 Å².